The highest BCUT2D eigenvalue weighted by atomic mass is 19.1. The molecule has 0 atom stereocenters. The second kappa shape index (κ2) is 7.62. The maximum Gasteiger partial charge on any atom is 0.131 e. The van der Waals surface area contributed by atoms with Gasteiger partial charge in [-0.15, -0.1) is 0 Å². The van der Waals surface area contributed by atoms with Gasteiger partial charge in [-0.25, -0.2) is 4.39 Å². The SMILES string of the molecule is NCC1(c2ccc(-c3cc(Cn4cccn4)ccc3F)cc2)CCOCC1. The fourth-order valence-corrected chi connectivity index (χ4v) is 3.85. The fourth-order valence-electron chi connectivity index (χ4n) is 3.85. The Morgan fingerprint density at radius 2 is 1.89 bits per heavy atom. The smallest absolute Gasteiger partial charge is 0.131 e. The molecule has 0 bridgehead atoms. The molecule has 0 unspecified atom stereocenters. The van der Waals surface area contributed by atoms with E-state index in [0.717, 1.165) is 37.2 Å². The number of nitrogens with zero attached hydrogens (tertiary/aromatic N) is 2. The zero-order valence-electron chi connectivity index (χ0n) is 15.3. The van der Waals surface area contributed by atoms with E-state index >= 15 is 0 Å². The average molecular weight is 365 g/mol. The van der Waals surface area contributed by atoms with Crippen molar-refractivity contribution in [3.8, 4) is 11.1 Å². The molecule has 140 valence electrons. The van der Waals surface area contributed by atoms with Gasteiger partial charge < -0.3 is 10.5 Å². The predicted octanol–water partition coefficient (Wildman–Crippen LogP) is 3.74. The van der Waals surface area contributed by atoms with E-state index in [1.54, 1.807) is 12.3 Å². The lowest BCUT2D eigenvalue weighted by Gasteiger charge is -2.36. The monoisotopic (exact) mass is 365 g/mol. The minimum atomic E-state index is -0.216. The molecule has 0 amide bonds. The summed E-state index contributed by atoms with van der Waals surface area (Å²) in [4.78, 5) is 0. The van der Waals surface area contributed by atoms with Crippen molar-refractivity contribution < 1.29 is 9.13 Å². The molecular weight excluding hydrogens is 341 g/mol. The Bertz CT molecular complexity index is 884. The molecular formula is C22H24FN3O. The van der Waals surface area contributed by atoms with Gasteiger partial charge in [0, 0.05) is 43.1 Å². The van der Waals surface area contributed by atoms with Gasteiger partial charge in [0.05, 0.1) is 6.54 Å². The van der Waals surface area contributed by atoms with E-state index in [2.05, 4.69) is 17.2 Å². The Labute approximate surface area is 158 Å². The Morgan fingerprint density at radius 3 is 2.56 bits per heavy atom. The number of hydrogen-bond acceptors (Lipinski definition) is 3. The van der Waals surface area contributed by atoms with E-state index in [1.165, 1.54) is 11.6 Å². The highest BCUT2D eigenvalue weighted by Gasteiger charge is 2.32. The average Bonchev–Trinajstić information content (AvgIpc) is 3.23. The molecule has 4 rings (SSSR count). The van der Waals surface area contributed by atoms with Crippen molar-refractivity contribution in [1.82, 2.24) is 9.78 Å². The predicted molar refractivity (Wildman–Crippen MR) is 104 cm³/mol. The van der Waals surface area contributed by atoms with E-state index in [9.17, 15) is 4.39 Å². The number of ether oxygens (including phenoxy) is 1. The van der Waals surface area contributed by atoms with Crippen LogP contribution in [0.1, 0.15) is 24.0 Å². The summed E-state index contributed by atoms with van der Waals surface area (Å²) in [5.41, 5.74) is 9.79. The molecule has 27 heavy (non-hydrogen) atoms. The Morgan fingerprint density at radius 1 is 1.11 bits per heavy atom. The molecule has 2 heterocycles. The third kappa shape index (κ3) is 3.66. The molecule has 0 radical (unpaired) electrons. The minimum absolute atomic E-state index is 0.0305. The van der Waals surface area contributed by atoms with Crippen LogP contribution in [-0.4, -0.2) is 29.5 Å². The van der Waals surface area contributed by atoms with Crippen LogP contribution in [0.25, 0.3) is 11.1 Å². The molecule has 2 N–H and O–H groups in total. The van der Waals surface area contributed by atoms with E-state index in [-0.39, 0.29) is 11.2 Å². The molecule has 3 aromatic rings. The zero-order valence-corrected chi connectivity index (χ0v) is 15.3. The van der Waals surface area contributed by atoms with Gasteiger partial charge in [0.25, 0.3) is 0 Å². The van der Waals surface area contributed by atoms with Crippen molar-refractivity contribution in [1.29, 1.82) is 0 Å². The normalized spacial score (nSPS) is 16.4. The van der Waals surface area contributed by atoms with Crippen LogP contribution in [0.4, 0.5) is 4.39 Å². The van der Waals surface area contributed by atoms with Crippen molar-refractivity contribution in [3.63, 3.8) is 0 Å². The molecule has 1 aliphatic rings. The van der Waals surface area contributed by atoms with Gasteiger partial charge in [-0.2, -0.15) is 5.10 Å². The van der Waals surface area contributed by atoms with Crippen LogP contribution in [-0.2, 0) is 16.7 Å². The lowest BCUT2D eigenvalue weighted by atomic mass is 9.74. The van der Waals surface area contributed by atoms with Gasteiger partial charge in [-0.1, -0.05) is 30.3 Å². The highest BCUT2D eigenvalue weighted by Crippen LogP contribution is 2.35. The van der Waals surface area contributed by atoms with Gasteiger partial charge >= 0.3 is 0 Å². The third-order valence-corrected chi connectivity index (χ3v) is 5.58. The number of nitrogens with two attached hydrogens (primary N) is 1. The lowest BCUT2D eigenvalue weighted by Crippen LogP contribution is -2.40. The van der Waals surface area contributed by atoms with E-state index < -0.39 is 0 Å². The largest absolute Gasteiger partial charge is 0.381 e. The first-order valence-electron chi connectivity index (χ1n) is 9.35. The first kappa shape index (κ1) is 17.9. The van der Waals surface area contributed by atoms with Crippen molar-refractivity contribution in [2.45, 2.75) is 24.8 Å². The Kier molecular flexibility index (Phi) is 5.05. The molecule has 1 fully saturated rings. The number of aromatic nitrogens is 2. The molecule has 1 aromatic heterocycles. The molecule has 2 aromatic carbocycles. The lowest BCUT2D eigenvalue weighted by molar-refractivity contribution is 0.0530. The number of benzene rings is 2. The summed E-state index contributed by atoms with van der Waals surface area (Å²) in [5.74, 6) is -0.216. The first-order valence-corrected chi connectivity index (χ1v) is 9.35. The first-order chi connectivity index (χ1) is 13.2. The third-order valence-electron chi connectivity index (χ3n) is 5.58. The maximum absolute atomic E-state index is 14.5. The Hall–Kier alpha value is -2.50. The summed E-state index contributed by atoms with van der Waals surface area (Å²) in [5, 5.41) is 4.22. The van der Waals surface area contributed by atoms with Crippen molar-refractivity contribution in [2.24, 2.45) is 5.73 Å². The molecule has 1 saturated heterocycles. The van der Waals surface area contributed by atoms with Gasteiger partial charge in [-0.3, -0.25) is 4.68 Å². The van der Waals surface area contributed by atoms with Gasteiger partial charge in [0.1, 0.15) is 5.82 Å². The highest BCUT2D eigenvalue weighted by molar-refractivity contribution is 5.65. The number of hydrogen-bond donors (Lipinski definition) is 1. The maximum atomic E-state index is 14.5. The van der Waals surface area contributed by atoms with Crippen molar-refractivity contribution in [2.75, 3.05) is 19.8 Å². The van der Waals surface area contributed by atoms with Gasteiger partial charge in [0.15, 0.2) is 0 Å². The van der Waals surface area contributed by atoms with E-state index in [1.807, 2.05) is 35.1 Å². The molecule has 0 saturated carbocycles. The summed E-state index contributed by atoms with van der Waals surface area (Å²) in [6.45, 7) is 2.70. The second-order valence-electron chi connectivity index (χ2n) is 7.19. The topological polar surface area (TPSA) is 53.1 Å². The van der Waals surface area contributed by atoms with Gasteiger partial charge in [0.2, 0.25) is 0 Å². The van der Waals surface area contributed by atoms with Crippen LogP contribution in [0.5, 0.6) is 0 Å². The summed E-state index contributed by atoms with van der Waals surface area (Å²) >= 11 is 0. The summed E-state index contributed by atoms with van der Waals surface area (Å²) in [7, 11) is 0. The van der Waals surface area contributed by atoms with Crippen LogP contribution >= 0.6 is 0 Å². The van der Waals surface area contributed by atoms with Crippen molar-refractivity contribution >= 4 is 0 Å². The standard InChI is InChI=1S/C22H24FN3O/c23-21-7-2-17(15-26-11-1-10-25-26)14-20(21)18-3-5-19(6-4-18)22(16-24)8-12-27-13-9-22/h1-7,10-11,14H,8-9,12-13,15-16,24H2. The van der Waals surface area contributed by atoms with Gasteiger partial charge in [-0.05, 0) is 47.7 Å². The van der Waals surface area contributed by atoms with Crippen LogP contribution in [0, 0.1) is 5.82 Å². The van der Waals surface area contributed by atoms with E-state index in [0.29, 0.717) is 18.7 Å². The van der Waals surface area contributed by atoms with Crippen LogP contribution in [0.2, 0.25) is 0 Å². The quantitative estimate of drug-likeness (QED) is 0.749. The number of rotatable bonds is 5. The minimum Gasteiger partial charge on any atom is -0.381 e. The number of halogens is 1. The van der Waals surface area contributed by atoms with Crippen LogP contribution < -0.4 is 5.73 Å². The summed E-state index contributed by atoms with van der Waals surface area (Å²) in [6, 6.07) is 15.3. The second-order valence-corrected chi connectivity index (χ2v) is 7.19. The molecule has 4 nitrogen and oxygen atoms in total. The Balaban J connectivity index is 1.61. The summed E-state index contributed by atoms with van der Waals surface area (Å²) < 4.78 is 21.8. The fraction of sp³-hybridized carbons (Fsp3) is 0.318. The molecule has 0 aliphatic carbocycles. The summed E-state index contributed by atoms with van der Waals surface area (Å²) in [6.07, 6.45) is 5.50. The van der Waals surface area contributed by atoms with Crippen molar-refractivity contribution in [3.05, 3.63) is 77.9 Å². The van der Waals surface area contributed by atoms with Crippen LogP contribution in [0.3, 0.4) is 0 Å². The zero-order chi connectivity index (χ0) is 18.7. The van der Waals surface area contributed by atoms with E-state index in [4.69, 9.17) is 10.5 Å². The molecule has 1 aliphatic heterocycles. The molecule has 0 spiro atoms. The molecule has 5 heteroatoms. The van der Waals surface area contributed by atoms with Crippen LogP contribution in [0.15, 0.2) is 60.9 Å².